The number of anilines is 3. The molecule has 0 unspecified atom stereocenters. The Bertz CT molecular complexity index is 754. The van der Waals surface area contributed by atoms with Crippen LogP contribution in [0.1, 0.15) is 24.2 Å². The molecule has 0 spiro atoms. The van der Waals surface area contributed by atoms with Gasteiger partial charge in [0.15, 0.2) is 0 Å². The van der Waals surface area contributed by atoms with Gasteiger partial charge in [0.1, 0.15) is 5.82 Å². The molecule has 24 heavy (non-hydrogen) atoms. The molecular formula is C17H16FN3O3. The van der Waals surface area contributed by atoms with Crippen molar-refractivity contribution in [2.75, 3.05) is 16.0 Å². The Kier molecular flexibility index (Phi) is 5.26. The van der Waals surface area contributed by atoms with E-state index < -0.39 is 11.7 Å². The summed E-state index contributed by atoms with van der Waals surface area (Å²) in [6, 6.07) is 9.81. The Morgan fingerprint density at radius 1 is 0.750 bits per heavy atom. The quantitative estimate of drug-likeness (QED) is 0.806. The van der Waals surface area contributed by atoms with Crippen LogP contribution in [0.15, 0.2) is 42.5 Å². The molecule has 0 aromatic heterocycles. The van der Waals surface area contributed by atoms with Crippen molar-refractivity contribution in [3.63, 3.8) is 0 Å². The van der Waals surface area contributed by atoms with Crippen LogP contribution in [0.4, 0.5) is 21.5 Å². The first-order chi connectivity index (χ1) is 11.3. The topological polar surface area (TPSA) is 87.3 Å². The van der Waals surface area contributed by atoms with Gasteiger partial charge in [-0.15, -0.1) is 0 Å². The van der Waals surface area contributed by atoms with E-state index in [2.05, 4.69) is 16.0 Å². The van der Waals surface area contributed by atoms with Gasteiger partial charge in [0.05, 0.1) is 0 Å². The molecule has 0 atom stereocenters. The Hall–Kier alpha value is -3.22. The Labute approximate surface area is 138 Å². The van der Waals surface area contributed by atoms with Crippen LogP contribution in [0.25, 0.3) is 0 Å². The highest BCUT2D eigenvalue weighted by Crippen LogP contribution is 2.20. The Balaban J connectivity index is 2.28. The second kappa shape index (κ2) is 7.36. The van der Waals surface area contributed by atoms with Gasteiger partial charge in [0, 0.05) is 36.5 Å². The molecular weight excluding hydrogens is 313 g/mol. The molecule has 0 aliphatic rings. The summed E-state index contributed by atoms with van der Waals surface area (Å²) in [5.41, 5.74) is 1.40. The minimum atomic E-state index is -0.458. The Morgan fingerprint density at radius 3 is 1.71 bits per heavy atom. The van der Waals surface area contributed by atoms with Crippen LogP contribution < -0.4 is 16.0 Å². The smallest absolute Gasteiger partial charge is 0.255 e. The van der Waals surface area contributed by atoms with Crippen molar-refractivity contribution in [2.45, 2.75) is 13.8 Å². The number of carbonyl (C=O) groups excluding carboxylic acids is 3. The zero-order valence-corrected chi connectivity index (χ0v) is 13.1. The molecule has 6 nitrogen and oxygen atoms in total. The third-order valence-electron chi connectivity index (χ3n) is 2.94. The predicted octanol–water partition coefficient (Wildman–Crippen LogP) is 2.99. The third-order valence-corrected chi connectivity index (χ3v) is 2.94. The number of rotatable bonds is 4. The van der Waals surface area contributed by atoms with E-state index >= 15 is 0 Å². The maximum Gasteiger partial charge on any atom is 0.255 e. The van der Waals surface area contributed by atoms with Crippen LogP contribution in [0.3, 0.4) is 0 Å². The van der Waals surface area contributed by atoms with Gasteiger partial charge >= 0.3 is 0 Å². The average Bonchev–Trinajstić information content (AvgIpc) is 2.48. The van der Waals surface area contributed by atoms with Crippen LogP contribution in [-0.4, -0.2) is 17.7 Å². The number of hydrogen-bond donors (Lipinski definition) is 3. The average molecular weight is 329 g/mol. The first-order valence-electron chi connectivity index (χ1n) is 7.10. The van der Waals surface area contributed by atoms with Gasteiger partial charge in [-0.2, -0.15) is 0 Å². The fourth-order valence-electron chi connectivity index (χ4n) is 2.05. The van der Waals surface area contributed by atoms with Crippen LogP contribution in [0.5, 0.6) is 0 Å². The lowest BCUT2D eigenvalue weighted by molar-refractivity contribution is -0.115. The van der Waals surface area contributed by atoms with Crippen molar-refractivity contribution < 1.29 is 18.8 Å². The van der Waals surface area contributed by atoms with Gasteiger partial charge in [-0.25, -0.2) is 4.39 Å². The fourth-order valence-corrected chi connectivity index (χ4v) is 2.05. The van der Waals surface area contributed by atoms with Gasteiger partial charge in [-0.1, -0.05) is 0 Å². The minimum absolute atomic E-state index is 0.231. The van der Waals surface area contributed by atoms with E-state index in [9.17, 15) is 18.8 Å². The molecule has 0 radical (unpaired) electrons. The van der Waals surface area contributed by atoms with Crippen molar-refractivity contribution in [3.05, 3.63) is 53.8 Å². The highest BCUT2D eigenvalue weighted by atomic mass is 19.1. The van der Waals surface area contributed by atoms with E-state index in [0.29, 0.717) is 17.1 Å². The zero-order chi connectivity index (χ0) is 17.7. The monoisotopic (exact) mass is 329 g/mol. The summed E-state index contributed by atoms with van der Waals surface area (Å²) < 4.78 is 12.9. The summed E-state index contributed by atoms with van der Waals surface area (Å²) in [5.74, 6) is -1.48. The largest absolute Gasteiger partial charge is 0.326 e. The summed E-state index contributed by atoms with van der Waals surface area (Å²) in [7, 11) is 0. The van der Waals surface area contributed by atoms with Gasteiger partial charge in [-0.05, 0) is 42.5 Å². The van der Waals surface area contributed by atoms with Crippen molar-refractivity contribution in [1.29, 1.82) is 0 Å². The number of hydrogen-bond acceptors (Lipinski definition) is 3. The second-order valence-corrected chi connectivity index (χ2v) is 5.12. The number of nitrogens with one attached hydrogen (secondary N) is 3. The molecule has 0 heterocycles. The predicted molar refractivity (Wildman–Crippen MR) is 89.4 cm³/mol. The molecule has 124 valence electrons. The molecule has 0 saturated heterocycles. The Morgan fingerprint density at radius 2 is 1.25 bits per heavy atom. The SMILES string of the molecule is CC(=O)Nc1cc(NC(C)=O)cc(C(=O)Nc2ccc(F)cc2)c1. The summed E-state index contributed by atoms with van der Waals surface area (Å²) in [4.78, 5) is 34.8. The lowest BCUT2D eigenvalue weighted by Gasteiger charge is -2.11. The summed E-state index contributed by atoms with van der Waals surface area (Å²) in [5, 5.41) is 7.75. The van der Waals surface area contributed by atoms with Crippen LogP contribution >= 0.6 is 0 Å². The lowest BCUT2D eigenvalue weighted by Crippen LogP contribution is -2.15. The summed E-state index contributed by atoms with van der Waals surface area (Å²) in [6.45, 7) is 2.67. The third kappa shape index (κ3) is 4.91. The molecule has 0 saturated carbocycles. The van der Waals surface area contributed by atoms with Crippen molar-refractivity contribution in [1.82, 2.24) is 0 Å². The lowest BCUT2D eigenvalue weighted by atomic mass is 10.1. The van der Waals surface area contributed by atoms with Gasteiger partial charge < -0.3 is 16.0 Å². The molecule has 0 aliphatic heterocycles. The van der Waals surface area contributed by atoms with E-state index in [4.69, 9.17) is 0 Å². The van der Waals surface area contributed by atoms with Crippen LogP contribution in [0, 0.1) is 5.82 Å². The number of amides is 3. The molecule has 0 fully saturated rings. The van der Waals surface area contributed by atoms with Crippen LogP contribution in [0.2, 0.25) is 0 Å². The minimum Gasteiger partial charge on any atom is -0.326 e. The van der Waals surface area contributed by atoms with E-state index in [-0.39, 0.29) is 17.4 Å². The van der Waals surface area contributed by atoms with E-state index in [1.165, 1.54) is 56.3 Å². The zero-order valence-electron chi connectivity index (χ0n) is 13.1. The number of benzene rings is 2. The molecule has 0 aliphatic carbocycles. The maximum absolute atomic E-state index is 12.9. The maximum atomic E-state index is 12.9. The molecule has 0 bridgehead atoms. The molecule has 2 aromatic carbocycles. The summed E-state index contributed by atoms with van der Waals surface area (Å²) in [6.07, 6.45) is 0. The second-order valence-electron chi connectivity index (χ2n) is 5.12. The van der Waals surface area contributed by atoms with Gasteiger partial charge in [0.2, 0.25) is 11.8 Å². The van der Waals surface area contributed by atoms with E-state index in [1.54, 1.807) is 0 Å². The molecule has 2 rings (SSSR count). The highest BCUT2D eigenvalue weighted by Gasteiger charge is 2.11. The highest BCUT2D eigenvalue weighted by molar-refractivity contribution is 6.06. The molecule has 3 N–H and O–H groups in total. The van der Waals surface area contributed by atoms with Crippen molar-refractivity contribution in [3.8, 4) is 0 Å². The van der Waals surface area contributed by atoms with E-state index in [1.807, 2.05) is 0 Å². The number of halogens is 1. The molecule has 7 heteroatoms. The van der Waals surface area contributed by atoms with E-state index in [0.717, 1.165) is 0 Å². The van der Waals surface area contributed by atoms with Crippen molar-refractivity contribution in [2.24, 2.45) is 0 Å². The summed E-state index contributed by atoms with van der Waals surface area (Å²) >= 11 is 0. The van der Waals surface area contributed by atoms with Gasteiger partial charge in [-0.3, -0.25) is 14.4 Å². The fraction of sp³-hybridized carbons (Fsp3) is 0.118. The first kappa shape index (κ1) is 17.1. The molecule has 3 amide bonds. The standard InChI is InChI=1S/C17H16FN3O3/c1-10(22)19-15-7-12(8-16(9-15)20-11(2)23)17(24)21-14-5-3-13(18)4-6-14/h3-9H,1-2H3,(H,19,22)(H,20,23)(H,21,24). The van der Waals surface area contributed by atoms with Gasteiger partial charge in [0.25, 0.3) is 5.91 Å². The first-order valence-corrected chi connectivity index (χ1v) is 7.10. The normalized spacial score (nSPS) is 9.96. The van der Waals surface area contributed by atoms with Crippen molar-refractivity contribution >= 4 is 34.8 Å². The molecule has 2 aromatic rings. The number of carbonyl (C=O) groups is 3. The van der Waals surface area contributed by atoms with Crippen LogP contribution in [-0.2, 0) is 9.59 Å².